The van der Waals surface area contributed by atoms with Gasteiger partial charge in [0.15, 0.2) is 0 Å². The van der Waals surface area contributed by atoms with Crippen molar-refractivity contribution in [3.63, 3.8) is 0 Å². The maximum atomic E-state index is 11.1. The van der Waals surface area contributed by atoms with E-state index < -0.39 is 10.7 Å². The molecule has 0 saturated heterocycles. The molecule has 3 nitrogen and oxygen atoms in total. The summed E-state index contributed by atoms with van der Waals surface area (Å²) < 4.78 is -0.810. The largest absolute Gasteiger partial charge is 0.480 e. The van der Waals surface area contributed by atoms with Gasteiger partial charge in [-0.1, -0.05) is 19.1 Å². The second-order valence-electron chi connectivity index (χ2n) is 3.53. The van der Waals surface area contributed by atoms with Crippen molar-refractivity contribution in [1.29, 1.82) is 0 Å². The van der Waals surface area contributed by atoms with E-state index in [0.717, 1.165) is 4.90 Å². The third kappa shape index (κ3) is 2.65. The number of hydrogen-bond donors (Lipinski definition) is 2. The van der Waals surface area contributed by atoms with Crippen LogP contribution in [0.5, 0.6) is 0 Å². The number of carbonyl (C=O) groups is 1. The lowest BCUT2D eigenvalue weighted by Gasteiger charge is -2.22. The van der Waals surface area contributed by atoms with Crippen LogP contribution in [0.1, 0.15) is 20.3 Å². The molecule has 1 aromatic rings. The quantitative estimate of drug-likeness (QED) is 0.610. The number of hydrogen-bond acceptors (Lipinski definition) is 3. The second-order valence-corrected chi connectivity index (χ2v) is 5.07. The Hall–Kier alpha value is -1.16. The maximum absolute atomic E-state index is 11.1. The molecule has 0 aliphatic rings. The van der Waals surface area contributed by atoms with E-state index in [4.69, 9.17) is 10.8 Å². The van der Waals surface area contributed by atoms with E-state index in [-0.39, 0.29) is 0 Å². The van der Waals surface area contributed by atoms with E-state index in [2.05, 4.69) is 0 Å². The van der Waals surface area contributed by atoms with Crippen LogP contribution in [0.2, 0.25) is 0 Å². The van der Waals surface area contributed by atoms with Crippen molar-refractivity contribution in [2.24, 2.45) is 0 Å². The molecule has 0 saturated carbocycles. The van der Waals surface area contributed by atoms with Gasteiger partial charge in [0.05, 0.1) is 0 Å². The fourth-order valence-electron chi connectivity index (χ4n) is 1.08. The standard InChI is InChI=1S/C11H15NO2S/c1-3-11(2,10(13)14)15-9-7-5-4-6-8(9)12/h4-7H,3,12H2,1-2H3,(H,13,14). The number of nitrogens with two attached hydrogens (primary N) is 1. The van der Waals surface area contributed by atoms with Gasteiger partial charge in [0, 0.05) is 10.6 Å². The van der Waals surface area contributed by atoms with Crippen molar-refractivity contribution < 1.29 is 9.90 Å². The Labute approximate surface area is 93.7 Å². The molecule has 1 aromatic carbocycles. The van der Waals surface area contributed by atoms with Crippen LogP contribution in [0.15, 0.2) is 29.2 Å². The summed E-state index contributed by atoms with van der Waals surface area (Å²) >= 11 is 1.30. The van der Waals surface area contributed by atoms with Gasteiger partial charge < -0.3 is 10.8 Å². The molecule has 15 heavy (non-hydrogen) atoms. The number of thioether (sulfide) groups is 1. The highest BCUT2D eigenvalue weighted by Gasteiger charge is 2.32. The molecule has 1 atom stereocenters. The highest BCUT2D eigenvalue weighted by atomic mass is 32.2. The summed E-state index contributed by atoms with van der Waals surface area (Å²) in [6.07, 6.45) is 0.557. The number of nitrogen functional groups attached to an aromatic ring is 1. The van der Waals surface area contributed by atoms with E-state index in [9.17, 15) is 4.79 Å². The van der Waals surface area contributed by atoms with Gasteiger partial charge in [-0.3, -0.25) is 4.79 Å². The average molecular weight is 225 g/mol. The van der Waals surface area contributed by atoms with E-state index in [1.54, 1.807) is 13.0 Å². The van der Waals surface area contributed by atoms with Crippen molar-refractivity contribution in [3.05, 3.63) is 24.3 Å². The molecule has 0 heterocycles. The molecule has 0 bridgehead atoms. The van der Waals surface area contributed by atoms with Crippen molar-refractivity contribution in [3.8, 4) is 0 Å². The van der Waals surface area contributed by atoms with Crippen molar-refractivity contribution in [2.45, 2.75) is 29.9 Å². The van der Waals surface area contributed by atoms with Gasteiger partial charge in [0.25, 0.3) is 0 Å². The van der Waals surface area contributed by atoms with Crippen LogP contribution in [-0.4, -0.2) is 15.8 Å². The lowest BCUT2D eigenvalue weighted by molar-refractivity contribution is -0.139. The molecule has 4 heteroatoms. The number of rotatable bonds is 4. The average Bonchev–Trinajstić information content (AvgIpc) is 2.21. The number of carboxylic acid groups (broad SMARTS) is 1. The predicted octanol–water partition coefficient (Wildman–Crippen LogP) is 2.61. The molecule has 0 radical (unpaired) electrons. The number of anilines is 1. The Bertz CT molecular complexity index is 367. The minimum atomic E-state index is -0.810. The Balaban J connectivity index is 2.94. The molecule has 0 aliphatic carbocycles. The maximum Gasteiger partial charge on any atom is 0.319 e. The highest BCUT2D eigenvalue weighted by molar-refractivity contribution is 8.01. The zero-order valence-corrected chi connectivity index (χ0v) is 9.67. The molecule has 3 N–H and O–H groups in total. The molecule has 0 aromatic heterocycles. The Kier molecular flexibility index (Phi) is 3.63. The highest BCUT2D eigenvalue weighted by Crippen LogP contribution is 2.38. The molecule has 1 rings (SSSR count). The molecule has 0 amide bonds. The van der Waals surface area contributed by atoms with Crippen molar-refractivity contribution in [2.75, 3.05) is 5.73 Å². The lowest BCUT2D eigenvalue weighted by atomic mass is 10.1. The van der Waals surface area contributed by atoms with Gasteiger partial charge in [-0.2, -0.15) is 0 Å². The van der Waals surface area contributed by atoms with E-state index >= 15 is 0 Å². The van der Waals surface area contributed by atoms with Gasteiger partial charge in [0.1, 0.15) is 4.75 Å². The third-order valence-electron chi connectivity index (χ3n) is 2.38. The van der Waals surface area contributed by atoms with E-state index in [1.807, 2.05) is 25.1 Å². The Morgan fingerprint density at radius 3 is 2.60 bits per heavy atom. The topological polar surface area (TPSA) is 63.3 Å². The summed E-state index contributed by atoms with van der Waals surface area (Å²) in [7, 11) is 0. The minimum absolute atomic E-state index is 0.557. The summed E-state index contributed by atoms with van der Waals surface area (Å²) in [6.45, 7) is 3.58. The SMILES string of the molecule is CCC(C)(Sc1ccccc1N)C(=O)O. The first kappa shape index (κ1) is 11.9. The summed E-state index contributed by atoms with van der Waals surface area (Å²) in [5.74, 6) is -0.807. The molecule has 82 valence electrons. The monoisotopic (exact) mass is 225 g/mol. The summed E-state index contributed by atoms with van der Waals surface area (Å²) in [4.78, 5) is 11.9. The minimum Gasteiger partial charge on any atom is -0.480 e. The van der Waals surface area contributed by atoms with Crippen molar-refractivity contribution >= 4 is 23.4 Å². The van der Waals surface area contributed by atoms with Crippen LogP contribution in [0.4, 0.5) is 5.69 Å². The second kappa shape index (κ2) is 4.57. The first-order valence-electron chi connectivity index (χ1n) is 4.76. The number of benzene rings is 1. The number of carboxylic acids is 1. The van der Waals surface area contributed by atoms with Crippen molar-refractivity contribution in [1.82, 2.24) is 0 Å². The van der Waals surface area contributed by atoms with Crippen LogP contribution in [0.25, 0.3) is 0 Å². The van der Waals surface area contributed by atoms with Crippen LogP contribution < -0.4 is 5.73 Å². The molecule has 0 spiro atoms. The smallest absolute Gasteiger partial charge is 0.319 e. The summed E-state index contributed by atoms with van der Waals surface area (Å²) in [6, 6.07) is 7.32. The predicted molar refractivity (Wildman–Crippen MR) is 63.0 cm³/mol. The fourth-order valence-corrected chi connectivity index (χ4v) is 2.13. The fraction of sp³-hybridized carbons (Fsp3) is 0.364. The van der Waals surface area contributed by atoms with Gasteiger partial charge >= 0.3 is 5.97 Å². The van der Waals surface area contributed by atoms with Gasteiger partial charge in [0.2, 0.25) is 0 Å². The van der Waals surface area contributed by atoms with E-state index in [1.165, 1.54) is 11.8 Å². The zero-order chi connectivity index (χ0) is 11.5. The third-order valence-corrected chi connectivity index (χ3v) is 3.89. The first-order valence-corrected chi connectivity index (χ1v) is 5.58. The normalized spacial score (nSPS) is 14.5. The van der Waals surface area contributed by atoms with Crippen LogP contribution in [-0.2, 0) is 4.79 Å². The molecule has 1 unspecified atom stereocenters. The number of aliphatic carboxylic acids is 1. The molecule has 0 fully saturated rings. The number of para-hydroxylation sites is 1. The van der Waals surface area contributed by atoms with Crippen LogP contribution >= 0.6 is 11.8 Å². The Morgan fingerprint density at radius 2 is 2.13 bits per heavy atom. The molecular weight excluding hydrogens is 210 g/mol. The summed E-state index contributed by atoms with van der Waals surface area (Å²) in [5.41, 5.74) is 6.40. The van der Waals surface area contributed by atoms with E-state index in [0.29, 0.717) is 12.1 Å². The zero-order valence-electron chi connectivity index (χ0n) is 8.86. The summed E-state index contributed by atoms with van der Waals surface area (Å²) in [5, 5.41) is 9.12. The van der Waals surface area contributed by atoms with Gasteiger partial charge in [-0.25, -0.2) is 0 Å². The Morgan fingerprint density at radius 1 is 1.53 bits per heavy atom. The molecular formula is C11H15NO2S. The van der Waals surface area contributed by atoms with Gasteiger partial charge in [-0.15, -0.1) is 11.8 Å². The first-order chi connectivity index (χ1) is 6.99. The van der Waals surface area contributed by atoms with Crippen LogP contribution in [0.3, 0.4) is 0 Å². The lowest BCUT2D eigenvalue weighted by Crippen LogP contribution is -2.30. The molecule has 0 aliphatic heterocycles. The van der Waals surface area contributed by atoms with Crippen LogP contribution in [0, 0.1) is 0 Å². The van der Waals surface area contributed by atoms with Gasteiger partial charge in [-0.05, 0) is 25.5 Å².